The van der Waals surface area contributed by atoms with E-state index in [1.54, 1.807) is 0 Å². The summed E-state index contributed by atoms with van der Waals surface area (Å²) in [6.07, 6.45) is 21.7. The maximum atomic E-state index is 12.0. The molecule has 0 rings (SSSR count). The Kier molecular flexibility index (Phi) is 26.7. The summed E-state index contributed by atoms with van der Waals surface area (Å²) in [7, 11) is 7.80. The van der Waals surface area contributed by atoms with Crippen LogP contribution < -0.4 is 12.4 Å². The van der Waals surface area contributed by atoms with Gasteiger partial charge in [0.2, 0.25) is 0 Å². The van der Waals surface area contributed by atoms with E-state index in [1.807, 2.05) is 33.1 Å². The third-order valence-corrected chi connectivity index (χ3v) is 6.55. The van der Waals surface area contributed by atoms with E-state index in [0.717, 1.165) is 19.4 Å². The summed E-state index contributed by atoms with van der Waals surface area (Å²) in [6, 6.07) is 0. The average molecular weight is 535 g/mol. The number of esters is 2. The van der Waals surface area contributed by atoms with E-state index in [2.05, 4.69) is 6.92 Å². The van der Waals surface area contributed by atoms with E-state index in [1.165, 1.54) is 89.9 Å². The fourth-order valence-corrected chi connectivity index (χ4v) is 4.11. The highest BCUT2D eigenvalue weighted by molar-refractivity contribution is 5.70. The second kappa shape index (κ2) is 25.8. The number of hydrogen-bond donors (Lipinski definition) is 0. The number of unbranched alkanes of at least 4 members (excludes halogenated alkanes) is 15. The largest absolute Gasteiger partial charge is 1.00 e. The van der Waals surface area contributed by atoms with Gasteiger partial charge in [0.1, 0.15) is 19.8 Å². The first kappa shape index (κ1) is 37.3. The molecule has 0 aromatic rings. The summed E-state index contributed by atoms with van der Waals surface area (Å²) in [5, 5.41) is 0. The molecule has 0 aromatic carbocycles. The number of carbonyl (C=O) groups is 2. The van der Waals surface area contributed by atoms with Crippen molar-refractivity contribution in [2.24, 2.45) is 0 Å². The van der Waals surface area contributed by atoms with Crippen LogP contribution in [0.1, 0.15) is 116 Å². The zero-order valence-electron chi connectivity index (χ0n) is 24.5. The van der Waals surface area contributed by atoms with Crippen LogP contribution >= 0.6 is 0 Å². The molecule has 0 heterocycles. The van der Waals surface area contributed by atoms with Gasteiger partial charge in [-0.2, -0.15) is 0 Å². The molecule has 0 spiro atoms. The fraction of sp³-hybridized carbons (Fsp3) is 0.931. The summed E-state index contributed by atoms with van der Waals surface area (Å²) in [5.74, 6) is -0.333. The van der Waals surface area contributed by atoms with E-state index < -0.39 is 0 Å². The second-order valence-electron chi connectivity index (χ2n) is 11.1. The summed E-state index contributed by atoms with van der Waals surface area (Å²) >= 11 is 0. The SMILES string of the molecule is CCCCCCCCCCCCCCCCCCC(=O)OCC[N+](C)(C)CC(=O)OCCN(C)C.[Cl-]. The molecule has 6 nitrogen and oxygen atoms in total. The van der Waals surface area contributed by atoms with Gasteiger partial charge in [-0.05, 0) is 20.5 Å². The molecule has 0 atom stereocenters. The number of hydrogen-bond acceptors (Lipinski definition) is 5. The Hall–Kier alpha value is -0.850. The van der Waals surface area contributed by atoms with Crippen LogP contribution in [0, 0.1) is 0 Å². The molecule has 0 saturated heterocycles. The van der Waals surface area contributed by atoms with Gasteiger partial charge in [0.15, 0.2) is 6.54 Å². The van der Waals surface area contributed by atoms with E-state index >= 15 is 0 Å². The molecule has 0 aromatic heterocycles. The molecule has 0 saturated carbocycles. The van der Waals surface area contributed by atoms with E-state index in [-0.39, 0.29) is 30.9 Å². The number of halogens is 1. The topological polar surface area (TPSA) is 55.8 Å². The van der Waals surface area contributed by atoms with Crippen molar-refractivity contribution in [1.82, 2.24) is 4.90 Å². The van der Waals surface area contributed by atoms with Crippen molar-refractivity contribution in [3.05, 3.63) is 0 Å². The van der Waals surface area contributed by atoms with E-state index in [4.69, 9.17) is 9.47 Å². The molecule has 0 bridgehead atoms. The highest BCUT2D eigenvalue weighted by Gasteiger charge is 2.21. The molecule has 0 N–H and O–H groups in total. The van der Waals surface area contributed by atoms with Crippen LogP contribution in [0.3, 0.4) is 0 Å². The van der Waals surface area contributed by atoms with Gasteiger partial charge in [-0.15, -0.1) is 0 Å². The van der Waals surface area contributed by atoms with Crippen LogP contribution in [-0.4, -0.2) is 82.4 Å². The first-order valence-corrected chi connectivity index (χ1v) is 14.5. The summed E-state index contributed by atoms with van der Waals surface area (Å²) in [5.41, 5.74) is 0. The minimum Gasteiger partial charge on any atom is -1.00 e. The summed E-state index contributed by atoms with van der Waals surface area (Å²) in [4.78, 5) is 25.9. The van der Waals surface area contributed by atoms with Crippen molar-refractivity contribution in [3.63, 3.8) is 0 Å². The molecular formula is C29H59ClN2O4. The Balaban J connectivity index is 0. The van der Waals surface area contributed by atoms with E-state index in [9.17, 15) is 9.59 Å². The van der Waals surface area contributed by atoms with Gasteiger partial charge in [0.05, 0.1) is 14.1 Å². The third kappa shape index (κ3) is 27.7. The maximum absolute atomic E-state index is 12.0. The van der Waals surface area contributed by atoms with Crippen molar-refractivity contribution < 1.29 is 36.0 Å². The minimum absolute atomic E-state index is 0. The number of ether oxygens (including phenoxy) is 2. The van der Waals surface area contributed by atoms with Crippen LogP contribution in [0.2, 0.25) is 0 Å². The van der Waals surface area contributed by atoms with Gasteiger partial charge >= 0.3 is 11.9 Å². The first-order valence-electron chi connectivity index (χ1n) is 14.5. The van der Waals surface area contributed by atoms with Gasteiger partial charge < -0.3 is 31.3 Å². The average Bonchev–Trinajstić information content (AvgIpc) is 2.78. The monoisotopic (exact) mass is 534 g/mol. The van der Waals surface area contributed by atoms with Crippen molar-refractivity contribution in [2.75, 3.05) is 61.0 Å². The molecule has 0 aliphatic carbocycles. The Labute approximate surface area is 229 Å². The number of quaternary nitrogens is 1. The van der Waals surface area contributed by atoms with Gasteiger partial charge in [-0.3, -0.25) is 4.79 Å². The molecule has 0 fully saturated rings. The molecule has 0 unspecified atom stereocenters. The maximum Gasteiger partial charge on any atom is 0.361 e. The standard InChI is InChI=1S/C29H59N2O4.ClH/c1-6-7-8-9-10-11-12-13-14-15-16-17-18-19-20-21-22-28(32)35-26-24-31(4,5)27-29(33)34-25-23-30(2)3;/h6-27H2,1-5H3;1H/q+1;/p-1. The summed E-state index contributed by atoms with van der Waals surface area (Å²) < 4.78 is 11.1. The zero-order valence-corrected chi connectivity index (χ0v) is 25.2. The van der Waals surface area contributed by atoms with Gasteiger partial charge in [0.25, 0.3) is 0 Å². The highest BCUT2D eigenvalue weighted by Crippen LogP contribution is 2.14. The van der Waals surface area contributed by atoms with Crippen LogP contribution in [0.25, 0.3) is 0 Å². The highest BCUT2D eigenvalue weighted by atomic mass is 35.5. The number of likely N-dealkylation sites (N-methyl/N-ethyl adjacent to an activating group) is 2. The predicted octanol–water partition coefficient (Wildman–Crippen LogP) is 3.37. The molecule has 216 valence electrons. The van der Waals surface area contributed by atoms with Crippen LogP contribution in [0.4, 0.5) is 0 Å². The lowest BCUT2D eigenvalue weighted by Crippen LogP contribution is -3.00. The lowest BCUT2D eigenvalue weighted by molar-refractivity contribution is -0.883. The third-order valence-electron chi connectivity index (χ3n) is 6.55. The van der Waals surface area contributed by atoms with Crippen molar-refractivity contribution in [1.29, 1.82) is 0 Å². The predicted molar refractivity (Wildman–Crippen MR) is 146 cm³/mol. The zero-order chi connectivity index (χ0) is 26.2. The lowest BCUT2D eigenvalue weighted by atomic mass is 10.0. The van der Waals surface area contributed by atoms with Gasteiger partial charge in [0, 0.05) is 13.0 Å². The number of nitrogens with zero attached hydrogens (tertiary/aromatic N) is 2. The quantitative estimate of drug-likeness (QED) is 0.102. The molecule has 0 aliphatic heterocycles. The van der Waals surface area contributed by atoms with Crippen LogP contribution in [0.5, 0.6) is 0 Å². The minimum atomic E-state index is -0.212. The fourth-order valence-electron chi connectivity index (χ4n) is 4.11. The van der Waals surface area contributed by atoms with Crippen LogP contribution in [-0.2, 0) is 19.1 Å². The first-order chi connectivity index (χ1) is 16.8. The smallest absolute Gasteiger partial charge is 0.361 e. The Morgan fingerprint density at radius 2 is 1.06 bits per heavy atom. The van der Waals surface area contributed by atoms with Gasteiger partial charge in [-0.25, -0.2) is 4.79 Å². The van der Waals surface area contributed by atoms with Crippen LogP contribution in [0.15, 0.2) is 0 Å². The normalized spacial score (nSPS) is 11.4. The van der Waals surface area contributed by atoms with Crippen molar-refractivity contribution >= 4 is 11.9 Å². The molecule has 36 heavy (non-hydrogen) atoms. The Bertz CT molecular complexity index is 516. The second-order valence-corrected chi connectivity index (χ2v) is 11.1. The Morgan fingerprint density at radius 1 is 0.639 bits per heavy atom. The van der Waals surface area contributed by atoms with Crippen molar-refractivity contribution in [2.45, 2.75) is 116 Å². The summed E-state index contributed by atoms with van der Waals surface area (Å²) in [6.45, 7) is 4.63. The molecule has 0 radical (unpaired) electrons. The molecule has 0 aliphatic rings. The molecular weight excluding hydrogens is 476 g/mol. The molecule has 7 heteroatoms. The molecule has 0 amide bonds. The lowest BCUT2D eigenvalue weighted by Gasteiger charge is -2.28. The van der Waals surface area contributed by atoms with Crippen molar-refractivity contribution in [3.8, 4) is 0 Å². The van der Waals surface area contributed by atoms with E-state index in [0.29, 0.717) is 30.7 Å². The number of rotatable bonds is 25. The van der Waals surface area contributed by atoms with Gasteiger partial charge in [-0.1, -0.05) is 103 Å². The Morgan fingerprint density at radius 3 is 1.50 bits per heavy atom. The number of carbonyl (C=O) groups excluding carboxylic acids is 2.